The van der Waals surface area contributed by atoms with E-state index < -0.39 is 18.3 Å². The fraction of sp³-hybridized carbons (Fsp3) is 0.556. The molecule has 0 amide bonds. The molecule has 4 nitrogen and oxygen atoms in total. The van der Waals surface area contributed by atoms with Crippen molar-refractivity contribution in [3.63, 3.8) is 0 Å². The fourth-order valence-corrected chi connectivity index (χ4v) is 3.00. The lowest BCUT2D eigenvalue weighted by Gasteiger charge is -2.37. The van der Waals surface area contributed by atoms with E-state index in [1.54, 1.807) is 0 Å². The summed E-state index contributed by atoms with van der Waals surface area (Å²) in [6, 6.07) is 9.76. The highest BCUT2D eigenvalue weighted by molar-refractivity contribution is 6.55. The van der Waals surface area contributed by atoms with Crippen molar-refractivity contribution in [1.82, 2.24) is 4.90 Å². The van der Waals surface area contributed by atoms with Crippen molar-refractivity contribution < 1.29 is 13.7 Å². The molecule has 0 spiro atoms. The zero-order chi connectivity index (χ0) is 17.5. The van der Waals surface area contributed by atoms with Crippen molar-refractivity contribution in [2.75, 3.05) is 19.6 Å². The van der Waals surface area contributed by atoms with Gasteiger partial charge in [0, 0.05) is 31.2 Å². The summed E-state index contributed by atoms with van der Waals surface area (Å²) >= 11 is 0. The van der Waals surface area contributed by atoms with Gasteiger partial charge in [-0.1, -0.05) is 30.3 Å². The molecule has 2 N–H and O–H groups in total. The maximum atomic E-state index is 15.3. The Balaban J connectivity index is 1.90. The predicted molar refractivity (Wildman–Crippen MR) is 95.0 cm³/mol. The first-order valence-corrected chi connectivity index (χ1v) is 8.47. The lowest BCUT2D eigenvalue weighted by atomic mass is 9.82. The van der Waals surface area contributed by atoms with Gasteiger partial charge in [-0.2, -0.15) is 0 Å². The normalized spacial score (nSPS) is 24.7. The first-order chi connectivity index (χ1) is 11.2. The summed E-state index contributed by atoms with van der Waals surface area (Å²) in [6.07, 6.45) is 0. The molecular formula is C18H26BFN2O2. The highest BCUT2D eigenvalue weighted by Gasteiger charge is 2.53. The lowest BCUT2D eigenvalue weighted by Crippen LogP contribution is -2.55. The predicted octanol–water partition coefficient (Wildman–Crippen LogP) is 2.64. The van der Waals surface area contributed by atoms with Crippen LogP contribution in [-0.4, -0.2) is 48.9 Å². The molecule has 2 heterocycles. The summed E-state index contributed by atoms with van der Waals surface area (Å²) in [5, 5.41) is 0. The van der Waals surface area contributed by atoms with Gasteiger partial charge in [0.2, 0.25) is 0 Å². The third-order valence-electron chi connectivity index (χ3n) is 5.24. The maximum absolute atomic E-state index is 15.3. The van der Waals surface area contributed by atoms with E-state index in [1.165, 1.54) is 0 Å². The molecule has 130 valence electrons. The molecule has 0 unspecified atom stereocenters. The van der Waals surface area contributed by atoms with Gasteiger partial charge in [0.25, 0.3) is 0 Å². The van der Waals surface area contributed by atoms with Gasteiger partial charge in [-0.25, -0.2) is 4.39 Å². The Morgan fingerprint density at radius 2 is 1.71 bits per heavy atom. The summed E-state index contributed by atoms with van der Waals surface area (Å²) in [4.78, 5) is 2.14. The first kappa shape index (κ1) is 17.6. The van der Waals surface area contributed by atoms with Gasteiger partial charge < -0.3 is 15.0 Å². The van der Waals surface area contributed by atoms with Crippen LogP contribution in [0.25, 0.3) is 5.57 Å². The second-order valence-electron chi connectivity index (χ2n) is 7.73. The molecule has 0 saturated carbocycles. The number of rotatable bonds is 4. The molecule has 2 aliphatic rings. The maximum Gasteiger partial charge on any atom is 0.525 e. The van der Waals surface area contributed by atoms with Gasteiger partial charge in [0.1, 0.15) is 5.73 Å². The van der Waals surface area contributed by atoms with Crippen LogP contribution in [-0.2, 0) is 9.31 Å². The minimum Gasteiger partial charge on any atom is -0.398 e. The Kier molecular flexibility index (Phi) is 4.60. The molecule has 1 aromatic rings. The standard InChI is InChI=1S/C18H26BFN2O2/c1-17(2)18(3,4)24-19(23-17)16(20)15(12-22-10-14(21)11-22)13-8-6-5-7-9-13/h5-9,14H,10-12,21H2,1-4H3. The van der Waals surface area contributed by atoms with Crippen molar-refractivity contribution in [1.29, 1.82) is 0 Å². The number of nitrogens with zero attached hydrogens (tertiary/aromatic N) is 1. The van der Waals surface area contributed by atoms with Gasteiger partial charge in [0.05, 0.1) is 11.2 Å². The van der Waals surface area contributed by atoms with Gasteiger partial charge in [-0.15, -0.1) is 0 Å². The Morgan fingerprint density at radius 1 is 1.17 bits per heavy atom. The number of likely N-dealkylation sites (tertiary alicyclic amines) is 1. The molecule has 0 aliphatic carbocycles. The van der Waals surface area contributed by atoms with Crippen LogP contribution in [0, 0.1) is 0 Å². The van der Waals surface area contributed by atoms with Gasteiger partial charge >= 0.3 is 7.12 Å². The largest absolute Gasteiger partial charge is 0.525 e. The molecule has 2 fully saturated rings. The molecule has 24 heavy (non-hydrogen) atoms. The van der Waals surface area contributed by atoms with Crippen LogP contribution < -0.4 is 5.73 Å². The van der Waals surface area contributed by atoms with Crippen LogP contribution in [0.3, 0.4) is 0 Å². The monoisotopic (exact) mass is 332 g/mol. The number of hydrogen-bond acceptors (Lipinski definition) is 4. The van der Waals surface area contributed by atoms with Crippen LogP contribution >= 0.6 is 0 Å². The summed E-state index contributed by atoms with van der Waals surface area (Å²) in [5.74, 6) is 0. The van der Waals surface area contributed by atoms with Crippen LogP contribution in [0.2, 0.25) is 0 Å². The smallest absolute Gasteiger partial charge is 0.398 e. The van der Waals surface area contributed by atoms with Crippen molar-refractivity contribution in [2.45, 2.75) is 44.9 Å². The van der Waals surface area contributed by atoms with E-state index >= 15 is 4.39 Å². The molecule has 3 rings (SSSR count). The second kappa shape index (κ2) is 6.26. The van der Waals surface area contributed by atoms with Crippen LogP contribution in [0.1, 0.15) is 33.3 Å². The summed E-state index contributed by atoms with van der Waals surface area (Å²) < 4.78 is 27.1. The average Bonchev–Trinajstić information content (AvgIpc) is 2.71. The third-order valence-corrected chi connectivity index (χ3v) is 5.24. The second-order valence-corrected chi connectivity index (χ2v) is 7.73. The highest BCUT2D eigenvalue weighted by Crippen LogP contribution is 2.40. The Morgan fingerprint density at radius 3 is 2.21 bits per heavy atom. The van der Waals surface area contributed by atoms with Crippen LogP contribution in [0.4, 0.5) is 4.39 Å². The average molecular weight is 332 g/mol. The van der Waals surface area contributed by atoms with E-state index in [2.05, 4.69) is 4.90 Å². The van der Waals surface area contributed by atoms with Crippen molar-refractivity contribution in [3.05, 3.63) is 41.6 Å². The minimum absolute atomic E-state index is 0.182. The van der Waals surface area contributed by atoms with Crippen molar-refractivity contribution >= 4 is 12.7 Å². The summed E-state index contributed by atoms with van der Waals surface area (Å²) in [7, 11) is -0.972. The van der Waals surface area contributed by atoms with Gasteiger partial charge in [0.15, 0.2) is 0 Å². The van der Waals surface area contributed by atoms with E-state index in [0.29, 0.717) is 12.1 Å². The Labute approximate surface area is 143 Å². The van der Waals surface area contributed by atoms with Gasteiger partial charge in [-0.3, -0.25) is 4.90 Å². The molecule has 2 saturated heterocycles. The van der Waals surface area contributed by atoms with Crippen LogP contribution in [0.15, 0.2) is 36.1 Å². The summed E-state index contributed by atoms with van der Waals surface area (Å²) in [6.45, 7) is 9.79. The number of halogens is 1. The zero-order valence-corrected chi connectivity index (χ0v) is 14.9. The number of hydrogen-bond donors (Lipinski definition) is 1. The first-order valence-electron chi connectivity index (χ1n) is 8.47. The number of benzene rings is 1. The quantitative estimate of drug-likeness (QED) is 0.861. The van der Waals surface area contributed by atoms with E-state index in [0.717, 1.165) is 18.7 Å². The topological polar surface area (TPSA) is 47.7 Å². The van der Waals surface area contributed by atoms with E-state index in [1.807, 2.05) is 58.0 Å². The fourth-order valence-electron chi connectivity index (χ4n) is 3.00. The molecule has 0 atom stereocenters. The third kappa shape index (κ3) is 3.29. The van der Waals surface area contributed by atoms with Gasteiger partial charge in [-0.05, 0) is 33.3 Å². The molecule has 2 aliphatic heterocycles. The zero-order valence-electron chi connectivity index (χ0n) is 14.9. The Hall–Kier alpha value is -1.21. The van der Waals surface area contributed by atoms with Crippen LogP contribution in [0.5, 0.6) is 0 Å². The van der Waals surface area contributed by atoms with E-state index in [-0.39, 0.29) is 11.8 Å². The molecule has 1 aromatic carbocycles. The highest BCUT2D eigenvalue weighted by atomic mass is 19.1. The molecule has 0 bridgehead atoms. The summed E-state index contributed by atoms with van der Waals surface area (Å²) in [5.41, 5.74) is 5.85. The molecule has 0 radical (unpaired) electrons. The van der Waals surface area contributed by atoms with Crippen molar-refractivity contribution in [2.24, 2.45) is 5.73 Å². The number of nitrogens with two attached hydrogens (primary N) is 1. The molecule has 0 aromatic heterocycles. The minimum atomic E-state index is -0.972. The van der Waals surface area contributed by atoms with E-state index in [9.17, 15) is 0 Å². The molecule has 6 heteroatoms. The molecular weight excluding hydrogens is 306 g/mol. The lowest BCUT2D eigenvalue weighted by molar-refractivity contribution is 0.00578. The van der Waals surface area contributed by atoms with Crippen molar-refractivity contribution in [3.8, 4) is 0 Å². The SMILES string of the molecule is CC1(C)OB(C(F)=C(CN2CC(N)C2)c2ccccc2)OC1(C)C. The Bertz CT molecular complexity index is 611. The van der Waals surface area contributed by atoms with E-state index in [4.69, 9.17) is 15.0 Å².